The van der Waals surface area contributed by atoms with E-state index in [-0.39, 0.29) is 24.0 Å². The van der Waals surface area contributed by atoms with Gasteiger partial charge in [0.05, 0.1) is 5.69 Å². The summed E-state index contributed by atoms with van der Waals surface area (Å²) in [5, 5.41) is 14.2. The first-order chi connectivity index (χ1) is 14.4. The van der Waals surface area contributed by atoms with Crippen molar-refractivity contribution in [2.75, 3.05) is 16.8 Å². The molecule has 7 heteroatoms. The molecule has 30 heavy (non-hydrogen) atoms. The number of ketones is 1. The van der Waals surface area contributed by atoms with Crippen molar-refractivity contribution in [2.45, 2.75) is 19.9 Å². The number of Topliss-reactive ketones (excluding diaryl/α,β-unsaturated/α-hetero) is 1. The lowest BCUT2D eigenvalue weighted by atomic mass is 10.1. The number of amides is 2. The first-order valence-corrected chi connectivity index (χ1v) is 9.48. The van der Waals surface area contributed by atoms with E-state index < -0.39 is 11.9 Å². The summed E-state index contributed by atoms with van der Waals surface area (Å²) in [5.41, 5.74) is 1.34. The fourth-order valence-corrected chi connectivity index (χ4v) is 3.57. The van der Waals surface area contributed by atoms with Crippen LogP contribution in [0.5, 0.6) is 11.5 Å². The minimum absolute atomic E-state index is 0.116. The summed E-state index contributed by atoms with van der Waals surface area (Å²) < 4.78 is 5.46. The van der Waals surface area contributed by atoms with Crippen molar-refractivity contribution in [2.24, 2.45) is 0 Å². The molecule has 0 aliphatic carbocycles. The molecule has 1 aliphatic heterocycles. The van der Waals surface area contributed by atoms with Crippen LogP contribution in [0.15, 0.2) is 54.6 Å². The summed E-state index contributed by atoms with van der Waals surface area (Å²) in [6, 6.07) is 14.3. The van der Waals surface area contributed by atoms with Crippen LogP contribution in [0, 0.1) is 0 Å². The van der Waals surface area contributed by atoms with E-state index in [1.807, 2.05) is 0 Å². The molecule has 0 spiro atoms. The lowest BCUT2D eigenvalue weighted by molar-refractivity contribution is -0.125. The van der Waals surface area contributed by atoms with Gasteiger partial charge >= 0.3 is 0 Å². The zero-order chi connectivity index (χ0) is 21.4. The average molecular weight is 404 g/mol. The van der Waals surface area contributed by atoms with Crippen LogP contribution >= 0.6 is 0 Å². The van der Waals surface area contributed by atoms with Crippen molar-refractivity contribution >= 4 is 39.7 Å². The molecule has 1 atom stereocenters. The van der Waals surface area contributed by atoms with E-state index in [0.29, 0.717) is 33.5 Å². The first kappa shape index (κ1) is 19.4. The minimum atomic E-state index is -0.852. The minimum Gasteiger partial charge on any atom is -0.507 e. The molecule has 1 unspecified atom stereocenters. The molecule has 1 heterocycles. The normalized spacial score (nSPS) is 14.1. The fourth-order valence-electron chi connectivity index (χ4n) is 3.57. The van der Waals surface area contributed by atoms with Crippen LogP contribution in [0.2, 0.25) is 0 Å². The second-order valence-corrected chi connectivity index (χ2v) is 7.13. The van der Waals surface area contributed by atoms with Crippen LogP contribution in [-0.2, 0) is 9.59 Å². The Labute approximate surface area is 172 Å². The van der Waals surface area contributed by atoms with Gasteiger partial charge in [-0.1, -0.05) is 24.3 Å². The highest BCUT2D eigenvalue weighted by atomic mass is 16.5. The van der Waals surface area contributed by atoms with E-state index in [9.17, 15) is 19.5 Å². The predicted octanol–water partition coefficient (Wildman–Crippen LogP) is 3.50. The number of fused-ring (bicyclic) bond motifs is 2. The molecule has 0 fully saturated rings. The molecule has 2 amide bonds. The van der Waals surface area contributed by atoms with Gasteiger partial charge in [-0.2, -0.15) is 0 Å². The number of aromatic hydroxyl groups is 1. The van der Waals surface area contributed by atoms with E-state index in [2.05, 4.69) is 5.32 Å². The summed E-state index contributed by atoms with van der Waals surface area (Å²) in [7, 11) is 0. The maximum absolute atomic E-state index is 13.0. The molecule has 0 radical (unpaired) electrons. The van der Waals surface area contributed by atoms with E-state index >= 15 is 0 Å². The number of rotatable bonds is 4. The van der Waals surface area contributed by atoms with Crippen LogP contribution in [-0.4, -0.2) is 35.4 Å². The van der Waals surface area contributed by atoms with Gasteiger partial charge in [0.1, 0.15) is 17.5 Å². The molecule has 0 saturated heterocycles. The van der Waals surface area contributed by atoms with Crippen molar-refractivity contribution in [1.82, 2.24) is 0 Å². The molecule has 2 N–H and O–H groups in total. The number of nitrogens with one attached hydrogen (secondary N) is 1. The third kappa shape index (κ3) is 3.34. The molecule has 152 valence electrons. The quantitative estimate of drug-likeness (QED) is 0.649. The largest absolute Gasteiger partial charge is 0.507 e. The molecule has 0 aromatic heterocycles. The lowest BCUT2D eigenvalue weighted by Crippen LogP contribution is -2.49. The molecule has 3 aromatic rings. The molecular weight excluding hydrogens is 384 g/mol. The highest BCUT2D eigenvalue weighted by Crippen LogP contribution is 2.35. The second-order valence-electron chi connectivity index (χ2n) is 7.13. The number of anilines is 2. The number of carbonyl (C=O) groups is 3. The lowest BCUT2D eigenvalue weighted by Gasteiger charge is -2.33. The number of nitrogens with zero attached hydrogens (tertiary/aromatic N) is 1. The van der Waals surface area contributed by atoms with Gasteiger partial charge < -0.3 is 15.2 Å². The summed E-state index contributed by atoms with van der Waals surface area (Å²) in [5.74, 6) is -0.370. The van der Waals surface area contributed by atoms with Gasteiger partial charge in [-0.15, -0.1) is 0 Å². The number of ether oxygens (including phenoxy) is 1. The van der Waals surface area contributed by atoms with E-state index in [1.165, 1.54) is 11.8 Å². The van der Waals surface area contributed by atoms with Crippen LogP contribution in [0.4, 0.5) is 11.4 Å². The Morgan fingerprint density at radius 3 is 2.60 bits per heavy atom. The Morgan fingerprint density at radius 2 is 1.83 bits per heavy atom. The van der Waals surface area contributed by atoms with Crippen LogP contribution in [0.25, 0.3) is 10.8 Å². The monoisotopic (exact) mass is 404 g/mol. The van der Waals surface area contributed by atoms with Gasteiger partial charge in [0.15, 0.2) is 12.4 Å². The summed E-state index contributed by atoms with van der Waals surface area (Å²) in [6.07, 6.45) is 0. The van der Waals surface area contributed by atoms with Crippen molar-refractivity contribution in [3.8, 4) is 11.5 Å². The van der Waals surface area contributed by atoms with Gasteiger partial charge in [-0.25, -0.2) is 0 Å². The Balaban J connectivity index is 1.67. The first-order valence-electron chi connectivity index (χ1n) is 9.48. The van der Waals surface area contributed by atoms with Crippen LogP contribution in [0.3, 0.4) is 0 Å². The smallest absolute Gasteiger partial charge is 0.265 e. The van der Waals surface area contributed by atoms with Gasteiger partial charge in [0.25, 0.3) is 5.91 Å². The second kappa shape index (κ2) is 7.51. The Hall–Kier alpha value is -3.87. The average Bonchev–Trinajstić information content (AvgIpc) is 2.73. The van der Waals surface area contributed by atoms with Crippen LogP contribution in [0.1, 0.15) is 24.2 Å². The molecule has 0 saturated carbocycles. The maximum Gasteiger partial charge on any atom is 0.265 e. The number of hydrogen-bond acceptors (Lipinski definition) is 5. The van der Waals surface area contributed by atoms with Crippen LogP contribution < -0.4 is 15.0 Å². The third-order valence-corrected chi connectivity index (χ3v) is 5.17. The van der Waals surface area contributed by atoms with Crippen molar-refractivity contribution in [3.63, 3.8) is 0 Å². The highest BCUT2D eigenvalue weighted by molar-refractivity contribution is 6.10. The maximum atomic E-state index is 13.0. The molecule has 4 rings (SSSR count). The number of phenols is 1. The summed E-state index contributed by atoms with van der Waals surface area (Å²) in [4.78, 5) is 38.8. The van der Waals surface area contributed by atoms with E-state index in [4.69, 9.17) is 4.74 Å². The molecule has 0 bridgehead atoms. The molecule has 1 aliphatic rings. The van der Waals surface area contributed by atoms with Crippen molar-refractivity contribution in [1.29, 1.82) is 0 Å². The van der Waals surface area contributed by atoms with Gasteiger partial charge in [-0.05, 0) is 44.2 Å². The summed E-state index contributed by atoms with van der Waals surface area (Å²) in [6.45, 7) is 2.86. The molecule has 3 aromatic carbocycles. The Kier molecular flexibility index (Phi) is 4.87. The zero-order valence-electron chi connectivity index (χ0n) is 16.5. The standard InChI is InChI=1S/C23H20N2O5/c1-13(23(29)24-18-7-3-6-17-16(18)5-4-8-20(17)27)25-19-11-15(14(2)26)9-10-21(19)30-12-22(25)28/h3-11,13,27H,12H2,1-2H3,(H,24,29). The predicted molar refractivity (Wildman–Crippen MR) is 113 cm³/mol. The molecule has 7 nitrogen and oxygen atoms in total. The third-order valence-electron chi connectivity index (χ3n) is 5.17. The zero-order valence-corrected chi connectivity index (χ0v) is 16.5. The van der Waals surface area contributed by atoms with Gasteiger partial charge in [-0.3, -0.25) is 19.3 Å². The molecular formula is C23H20N2O5. The van der Waals surface area contributed by atoms with E-state index in [1.54, 1.807) is 61.5 Å². The van der Waals surface area contributed by atoms with Gasteiger partial charge in [0.2, 0.25) is 5.91 Å². The van der Waals surface area contributed by atoms with Crippen molar-refractivity contribution in [3.05, 3.63) is 60.2 Å². The SMILES string of the molecule is CC(=O)c1ccc2c(c1)N(C(C)C(=O)Nc1cccc3c(O)cccc13)C(=O)CO2. The van der Waals surface area contributed by atoms with Crippen molar-refractivity contribution < 1.29 is 24.2 Å². The summed E-state index contributed by atoms with van der Waals surface area (Å²) >= 11 is 0. The Bertz CT molecular complexity index is 1190. The van der Waals surface area contributed by atoms with E-state index in [0.717, 1.165) is 0 Å². The number of hydrogen-bond donors (Lipinski definition) is 2. The Morgan fingerprint density at radius 1 is 1.10 bits per heavy atom. The fraction of sp³-hybridized carbons (Fsp3) is 0.174. The highest BCUT2D eigenvalue weighted by Gasteiger charge is 2.33. The topological polar surface area (TPSA) is 95.9 Å². The number of carbonyl (C=O) groups excluding carboxylic acids is 3. The number of phenolic OH excluding ortho intramolecular Hbond substituents is 1. The number of benzene rings is 3. The van der Waals surface area contributed by atoms with Gasteiger partial charge in [0, 0.05) is 22.0 Å².